The first-order valence-electron chi connectivity index (χ1n) is 10.3. The predicted octanol–water partition coefficient (Wildman–Crippen LogP) is 2.76. The molecule has 2 aromatic rings. The second kappa shape index (κ2) is 10.7. The van der Waals surface area contributed by atoms with Gasteiger partial charge in [-0.15, -0.1) is 0 Å². The van der Waals surface area contributed by atoms with Gasteiger partial charge in [0.1, 0.15) is 5.82 Å². The average molecular weight is 430 g/mol. The minimum Gasteiger partial charge on any atom is -0.378 e. The molecule has 0 N–H and O–H groups in total. The van der Waals surface area contributed by atoms with E-state index in [0.717, 1.165) is 54.2 Å². The molecule has 1 aromatic carbocycles. The zero-order valence-electron chi connectivity index (χ0n) is 18.3. The standard InChI is InChI=1S/C22H31N5O2S/c1-5-26(3)21(28)18-8-6-17(7-9-18)16-30-22-23-19(15-29-4)14-20(24-22)27-12-10-25(2)11-13-27/h6-9,14H,5,10-13,15-16H2,1-4H3. The third-order valence-corrected chi connectivity index (χ3v) is 6.17. The molecule has 1 saturated heterocycles. The van der Waals surface area contributed by atoms with Crippen LogP contribution in [-0.4, -0.2) is 79.6 Å². The Morgan fingerprint density at radius 3 is 2.50 bits per heavy atom. The summed E-state index contributed by atoms with van der Waals surface area (Å²) in [5.74, 6) is 1.76. The summed E-state index contributed by atoms with van der Waals surface area (Å²) in [6, 6.07) is 9.82. The van der Waals surface area contributed by atoms with Crippen molar-refractivity contribution in [3.63, 3.8) is 0 Å². The Labute approximate surface area is 183 Å². The fourth-order valence-electron chi connectivity index (χ4n) is 3.20. The van der Waals surface area contributed by atoms with Gasteiger partial charge in [-0.25, -0.2) is 9.97 Å². The fourth-order valence-corrected chi connectivity index (χ4v) is 4.03. The molecule has 1 aliphatic rings. The Morgan fingerprint density at radius 2 is 1.87 bits per heavy atom. The van der Waals surface area contributed by atoms with Crippen molar-refractivity contribution in [1.29, 1.82) is 0 Å². The van der Waals surface area contributed by atoms with Crippen LogP contribution in [0.5, 0.6) is 0 Å². The average Bonchev–Trinajstić information content (AvgIpc) is 2.77. The van der Waals surface area contributed by atoms with E-state index >= 15 is 0 Å². The Balaban J connectivity index is 1.69. The van der Waals surface area contributed by atoms with E-state index in [1.807, 2.05) is 44.3 Å². The maximum absolute atomic E-state index is 12.3. The molecule has 162 valence electrons. The molecule has 0 spiro atoms. The van der Waals surface area contributed by atoms with E-state index in [2.05, 4.69) is 21.8 Å². The van der Waals surface area contributed by atoms with Crippen LogP contribution in [0.2, 0.25) is 0 Å². The van der Waals surface area contributed by atoms with Gasteiger partial charge in [-0.05, 0) is 31.7 Å². The van der Waals surface area contributed by atoms with E-state index in [-0.39, 0.29) is 5.91 Å². The second-order valence-corrected chi connectivity index (χ2v) is 8.47. The first kappa shape index (κ1) is 22.5. The lowest BCUT2D eigenvalue weighted by Crippen LogP contribution is -2.44. The summed E-state index contributed by atoms with van der Waals surface area (Å²) in [4.78, 5) is 28.1. The van der Waals surface area contributed by atoms with E-state index < -0.39 is 0 Å². The Kier molecular flexibility index (Phi) is 8.07. The maximum atomic E-state index is 12.3. The van der Waals surface area contributed by atoms with Gasteiger partial charge in [-0.3, -0.25) is 4.79 Å². The number of likely N-dealkylation sites (N-methyl/N-ethyl adjacent to an activating group) is 1. The molecule has 1 aliphatic heterocycles. The van der Waals surface area contributed by atoms with Gasteiger partial charge in [0.25, 0.3) is 5.91 Å². The first-order valence-corrected chi connectivity index (χ1v) is 11.3. The molecule has 2 heterocycles. The number of aromatic nitrogens is 2. The number of hydrogen-bond donors (Lipinski definition) is 0. The zero-order valence-corrected chi connectivity index (χ0v) is 19.1. The van der Waals surface area contributed by atoms with Crippen molar-refractivity contribution in [2.24, 2.45) is 0 Å². The lowest BCUT2D eigenvalue weighted by molar-refractivity contribution is 0.0802. The SMILES string of the molecule is CCN(C)C(=O)c1ccc(CSc2nc(COC)cc(N3CCN(C)CC3)n2)cc1. The molecule has 0 aliphatic carbocycles. The van der Waals surface area contributed by atoms with Crippen molar-refractivity contribution in [3.8, 4) is 0 Å². The third kappa shape index (κ3) is 5.93. The maximum Gasteiger partial charge on any atom is 0.253 e. The van der Waals surface area contributed by atoms with Gasteiger partial charge in [0.15, 0.2) is 5.16 Å². The van der Waals surface area contributed by atoms with Gasteiger partial charge in [-0.2, -0.15) is 0 Å². The quantitative estimate of drug-likeness (QED) is 0.472. The van der Waals surface area contributed by atoms with Crippen LogP contribution in [0.1, 0.15) is 28.5 Å². The highest BCUT2D eigenvalue weighted by atomic mass is 32.2. The number of thioether (sulfide) groups is 1. The summed E-state index contributed by atoms with van der Waals surface area (Å²) in [5.41, 5.74) is 2.74. The number of hydrogen-bond acceptors (Lipinski definition) is 7. The third-order valence-electron chi connectivity index (χ3n) is 5.25. The summed E-state index contributed by atoms with van der Waals surface area (Å²) in [7, 11) is 5.64. The second-order valence-electron chi connectivity index (χ2n) is 7.53. The normalized spacial score (nSPS) is 14.7. The molecule has 1 fully saturated rings. The van der Waals surface area contributed by atoms with Crippen molar-refractivity contribution < 1.29 is 9.53 Å². The monoisotopic (exact) mass is 429 g/mol. The largest absolute Gasteiger partial charge is 0.378 e. The van der Waals surface area contributed by atoms with Gasteiger partial charge in [-0.1, -0.05) is 23.9 Å². The Hall–Kier alpha value is -2.16. The minimum absolute atomic E-state index is 0.0455. The Morgan fingerprint density at radius 1 is 1.17 bits per heavy atom. The predicted molar refractivity (Wildman–Crippen MR) is 121 cm³/mol. The molecule has 1 aromatic heterocycles. The molecule has 0 bridgehead atoms. The van der Waals surface area contributed by atoms with Crippen molar-refractivity contribution in [2.75, 3.05) is 58.8 Å². The number of ether oxygens (including phenoxy) is 1. The van der Waals surface area contributed by atoms with Crippen LogP contribution in [0.15, 0.2) is 35.5 Å². The summed E-state index contributed by atoms with van der Waals surface area (Å²) in [6.45, 7) is 7.13. The van der Waals surface area contributed by atoms with Gasteiger partial charge in [0.2, 0.25) is 0 Å². The van der Waals surface area contributed by atoms with Crippen LogP contribution in [-0.2, 0) is 17.1 Å². The van der Waals surface area contributed by atoms with Gasteiger partial charge >= 0.3 is 0 Å². The summed E-state index contributed by atoms with van der Waals surface area (Å²) < 4.78 is 5.31. The summed E-state index contributed by atoms with van der Waals surface area (Å²) >= 11 is 1.61. The molecule has 0 radical (unpaired) electrons. The van der Waals surface area contributed by atoms with E-state index in [0.29, 0.717) is 18.7 Å². The molecule has 0 atom stereocenters. The molecular weight excluding hydrogens is 398 g/mol. The van der Waals surface area contributed by atoms with Crippen molar-refractivity contribution >= 4 is 23.5 Å². The molecule has 0 unspecified atom stereocenters. The minimum atomic E-state index is 0.0455. The molecule has 30 heavy (non-hydrogen) atoms. The van der Waals surface area contributed by atoms with Crippen molar-refractivity contribution in [2.45, 2.75) is 24.4 Å². The van der Waals surface area contributed by atoms with E-state index in [1.165, 1.54) is 0 Å². The number of rotatable bonds is 8. The first-order chi connectivity index (χ1) is 14.5. The van der Waals surface area contributed by atoms with Crippen molar-refractivity contribution in [1.82, 2.24) is 19.8 Å². The topological polar surface area (TPSA) is 61.8 Å². The van der Waals surface area contributed by atoms with Crippen LogP contribution in [0, 0.1) is 0 Å². The van der Waals surface area contributed by atoms with Crippen LogP contribution in [0.3, 0.4) is 0 Å². The zero-order chi connectivity index (χ0) is 21.5. The number of nitrogens with zero attached hydrogens (tertiary/aromatic N) is 5. The molecule has 3 rings (SSSR count). The van der Waals surface area contributed by atoms with Crippen LogP contribution in [0.25, 0.3) is 0 Å². The number of methoxy groups -OCH3 is 1. The smallest absolute Gasteiger partial charge is 0.253 e. The number of anilines is 1. The lowest BCUT2D eigenvalue weighted by Gasteiger charge is -2.33. The van der Waals surface area contributed by atoms with Crippen LogP contribution >= 0.6 is 11.8 Å². The Bertz CT molecular complexity index is 838. The summed E-state index contributed by atoms with van der Waals surface area (Å²) in [5, 5.41) is 0.754. The fraction of sp³-hybridized carbons (Fsp3) is 0.500. The van der Waals surface area contributed by atoms with E-state index in [9.17, 15) is 4.79 Å². The molecule has 1 amide bonds. The number of benzene rings is 1. The highest BCUT2D eigenvalue weighted by molar-refractivity contribution is 7.98. The van der Waals surface area contributed by atoms with Crippen molar-refractivity contribution in [3.05, 3.63) is 47.2 Å². The van der Waals surface area contributed by atoms with E-state index in [1.54, 1.807) is 23.8 Å². The molecule has 8 heteroatoms. The summed E-state index contributed by atoms with van der Waals surface area (Å²) in [6.07, 6.45) is 0. The molecule has 0 saturated carbocycles. The lowest BCUT2D eigenvalue weighted by atomic mass is 10.1. The highest BCUT2D eigenvalue weighted by Crippen LogP contribution is 2.24. The van der Waals surface area contributed by atoms with Gasteiger partial charge in [0, 0.05) is 64.3 Å². The van der Waals surface area contributed by atoms with Crippen LogP contribution in [0.4, 0.5) is 5.82 Å². The van der Waals surface area contributed by atoms with Gasteiger partial charge < -0.3 is 19.4 Å². The number of piperazine rings is 1. The highest BCUT2D eigenvalue weighted by Gasteiger charge is 2.17. The number of carbonyl (C=O) groups excluding carboxylic acids is 1. The van der Waals surface area contributed by atoms with Gasteiger partial charge in [0.05, 0.1) is 12.3 Å². The number of carbonyl (C=O) groups is 1. The molecular formula is C22H31N5O2S. The van der Waals surface area contributed by atoms with E-state index in [4.69, 9.17) is 9.72 Å². The molecule has 7 nitrogen and oxygen atoms in total. The number of amides is 1. The van der Waals surface area contributed by atoms with Crippen LogP contribution < -0.4 is 4.90 Å².